The lowest BCUT2D eigenvalue weighted by molar-refractivity contribution is 0.146. The Bertz CT molecular complexity index is 385. The average molecular weight is 198 g/mol. The first-order chi connectivity index (χ1) is 6.57. The molecule has 3 nitrogen and oxygen atoms in total. The normalized spacial score (nSPS) is 10.2. The molecule has 0 atom stereocenters. The van der Waals surface area contributed by atoms with E-state index in [1.54, 1.807) is 6.07 Å². The van der Waals surface area contributed by atoms with Crippen LogP contribution in [-0.2, 0) is 6.42 Å². The van der Waals surface area contributed by atoms with Gasteiger partial charge in [-0.05, 0) is 6.92 Å². The predicted molar refractivity (Wildman–Crippen MR) is 44.9 cm³/mol. The molecule has 0 aromatic carbocycles. The molecule has 0 bridgehead atoms. The fraction of sp³-hybridized carbons (Fsp3) is 0.333. The minimum absolute atomic E-state index is 0.113. The summed E-state index contributed by atoms with van der Waals surface area (Å²) in [7, 11) is 0. The highest BCUT2D eigenvalue weighted by Crippen LogP contribution is 2.32. The highest BCUT2D eigenvalue weighted by molar-refractivity contribution is 5.41. The topological polar surface area (TPSA) is 56.9 Å². The van der Waals surface area contributed by atoms with Crippen molar-refractivity contribution in [1.82, 2.24) is 4.98 Å². The number of aromatic hydroxyl groups is 1. The van der Waals surface area contributed by atoms with E-state index in [9.17, 15) is 8.78 Å². The smallest absolute Gasteiger partial charge is 0.267 e. The summed E-state index contributed by atoms with van der Waals surface area (Å²) in [5, 5.41) is 17.6. The van der Waals surface area contributed by atoms with Crippen LogP contribution in [0.3, 0.4) is 0 Å². The van der Waals surface area contributed by atoms with Gasteiger partial charge in [0.25, 0.3) is 6.43 Å². The average Bonchev–Trinajstić information content (AvgIpc) is 2.11. The van der Waals surface area contributed by atoms with Crippen molar-refractivity contribution in [3.05, 3.63) is 23.0 Å². The number of pyridine rings is 1. The highest BCUT2D eigenvalue weighted by atomic mass is 19.3. The van der Waals surface area contributed by atoms with E-state index in [0.29, 0.717) is 5.69 Å². The first-order valence-electron chi connectivity index (χ1n) is 3.90. The van der Waals surface area contributed by atoms with E-state index in [4.69, 9.17) is 10.4 Å². The van der Waals surface area contributed by atoms with Gasteiger partial charge in [-0.2, -0.15) is 5.26 Å². The van der Waals surface area contributed by atoms with Crippen molar-refractivity contribution in [3.63, 3.8) is 0 Å². The number of nitriles is 1. The van der Waals surface area contributed by atoms with Crippen molar-refractivity contribution < 1.29 is 13.9 Å². The second-order valence-electron chi connectivity index (χ2n) is 2.76. The first-order valence-corrected chi connectivity index (χ1v) is 3.90. The Kier molecular flexibility index (Phi) is 2.97. The monoisotopic (exact) mass is 198 g/mol. The molecule has 1 aromatic heterocycles. The van der Waals surface area contributed by atoms with Gasteiger partial charge < -0.3 is 5.11 Å². The van der Waals surface area contributed by atoms with E-state index in [2.05, 4.69) is 4.98 Å². The summed E-state index contributed by atoms with van der Waals surface area (Å²) >= 11 is 0. The Labute approximate surface area is 79.6 Å². The van der Waals surface area contributed by atoms with E-state index < -0.39 is 17.7 Å². The molecule has 1 heterocycles. The van der Waals surface area contributed by atoms with E-state index in [1.165, 1.54) is 6.92 Å². The van der Waals surface area contributed by atoms with Gasteiger partial charge in [-0.15, -0.1) is 0 Å². The second kappa shape index (κ2) is 4.01. The van der Waals surface area contributed by atoms with Gasteiger partial charge in [-0.3, -0.25) is 4.98 Å². The number of aromatic nitrogens is 1. The van der Waals surface area contributed by atoms with Crippen molar-refractivity contribution in [2.24, 2.45) is 0 Å². The van der Waals surface area contributed by atoms with E-state index in [1.807, 2.05) is 0 Å². The number of hydrogen-bond acceptors (Lipinski definition) is 3. The van der Waals surface area contributed by atoms with Gasteiger partial charge >= 0.3 is 0 Å². The van der Waals surface area contributed by atoms with Crippen LogP contribution in [0, 0.1) is 18.3 Å². The van der Waals surface area contributed by atoms with Gasteiger partial charge in [0.2, 0.25) is 0 Å². The standard InChI is InChI=1S/C9H8F2N2O/c1-5-6(2-3-12)8(9(10)11)7(14)4-13-5/h4,9,14H,2H2,1H3. The molecule has 0 aliphatic heterocycles. The number of alkyl halides is 2. The molecular weight excluding hydrogens is 190 g/mol. The summed E-state index contributed by atoms with van der Waals surface area (Å²) in [6.07, 6.45) is -2.00. The zero-order valence-corrected chi connectivity index (χ0v) is 7.46. The molecule has 0 radical (unpaired) electrons. The molecule has 0 fully saturated rings. The maximum atomic E-state index is 12.5. The highest BCUT2D eigenvalue weighted by Gasteiger charge is 2.19. The van der Waals surface area contributed by atoms with Crippen molar-refractivity contribution in [3.8, 4) is 11.8 Å². The van der Waals surface area contributed by atoms with Crippen LogP contribution in [0.15, 0.2) is 6.20 Å². The Morgan fingerprint density at radius 3 is 2.79 bits per heavy atom. The maximum Gasteiger partial charge on any atom is 0.267 e. The minimum Gasteiger partial charge on any atom is -0.506 e. The van der Waals surface area contributed by atoms with Crippen LogP contribution in [0.4, 0.5) is 8.78 Å². The molecule has 1 rings (SSSR count). The van der Waals surface area contributed by atoms with Gasteiger partial charge in [0.15, 0.2) is 0 Å². The Balaban J connectivity index is 3.35. The van der Waals surface area contributed by atoms with E-state index in [-0.39, 0.29) is 12.0 Å². The van der Waals surface area contributed by atoms with Crippen molar-refractivity contribution >= 4 is 0 Å². The summed E-state index contributed by atoms with van der Waals surface area (Å²) in [4.78, 5) is 3.71. The Morgan fingerprint density at radius 2 is 2.29 bits per heavy atom. The number of halogens is 2. The zero-order chi connectivity index (χ0) is 10.7. The van der Waals surface area contributed by atoms with Gasteiger partial charge in [0, 0.05) is 11.3 Å². The van der Waals surface area contributed by atoms with Crippen LogP contribution >= 0.6 is 0 Å². The second-order valence-corrected chi connectivity index (χ2v) is 2.76. The molecule has 5 heteroatoms. The van der Waals surface area contributed by atoms with E-state index in [0.717, 1.165) is 6.20 Å². The summed E-state index contributed by atoms with van der Waals surface area (Å²) in [5.41, 5.74) is -0.0267. The van der Waals surface area contributed by atoms with Crippen LogP contribution in [0.25, 0.3) is 0 Å². The summed E-state index contributed by atoms with van der Waals surface area (Å²) < 4.78 is 25.0. The molecule has 0 aliphatic carbocycles. The van der Waals surface area contributed by atoms with E-state index >= 15 is 0 Å². The predicted octanol–water partition coefficient (Wildman–Crippen LogP) is 2.10. The molecule has 0 unspecified atom stereocenters. The third-order valence-corrected chi connectivity index (χ3v) is 1.89. The minimum atomic E-state index is -2.79. The molecule has 14 heavy (non-hydrogen) atoms. The molecule has 1 aromatic rings. The summed E-state index contributed by atoms with van der Waals surface area (Å²) in [6.45, 7) is 1.53. The molecule has 74 valence electrons. The summed E-state index contributed by atoms with van der Waals surface area (Å²) in [5.74, 6) is -0.559. The lowest BCUT2D eigenvalue weighted by atomic mass is 10.0. The van der Waals surface area contributed by atoms with Crippen LogP contribution in [-0.4, -0.2) is 10.1 Å². The zero-order valence-electron chi connectivity index (χ0n) is 7.46. The third kappa shape index (κ3) is 1.79. The number of aryl methyl sites for hydroxylation is 1. The van der Waals surface area contributed by atoms with Crippen molar-refractivity contribution in [1.29, 1.82) is 5.26 Å². The molecule has 1 N–H and O–H groups in total. The van der Waals surface area contributed by atoms with Crippen LogP contribution in [0.2, 0.25) is 0 Å². The van der Waals surface area contributed by atoms with Crippen molar-refractivity contribution in [2.75, 3.05) is 0 Å². The van der Waals surface area contributed by atoms with Gasteiger partial charge in [-0.1, -0.05) is 0 Å². The van der Waals surface area contributed by atoms with Gasteiger partial charge in [-0.25, -0.2) is 8.78 Å². The van der Waals surface area contributed by atoms with Gasteiger partial charge in [0.1, 0.15) is 5.75 Å². The summed E-state index contributed by atoms with van der Waals surface area (Å²) in [6, 6.07) is 1.76. The largest absolute Gasteiger partial charge is 0.506 e. The quantitative estimate of drug-likeness (QED) is 0.791. The van der Waals surface area contributed by atoms with Crippen LogP contribution in [0.1, 0.15) is 23.2 Å². The first kappa shape index (κ1) is 10.4. The number of nitrogens with zero attached hydrogens (tertiary/aromatic N) is 2. The molecule has 0 saturated heterocycles. The fourth-order valence-corrected chi connectivity index (χ4v) is 1.20. The molecule has 0 amide bonds. The molecular formula is C9H8F2N2O. The number of rotatable bonds is 2. The SMILES string of the molecule is Cc1ncc(O)c(C(F)F)c1CC#N. The number of hydrogen-bond donors (Lipinski definition) is 1. The maximum absolute atomic E-state index is 12.5. The van der Waals surface area contributed by atoms with Crippen molar-refractivity contribution in [2.45, 2.75) is 19.8 Å². The molecule has 0 spiro atoms. The van der Waals surface area contributed by atoms with Crippen LogP contribution < -0.4 is 0 Å². The fourth-order valence-electron chi connectivity index (χ4n) is 1.20. The lowest BCUT2D eigenvalue weighted by Crippen LogP contribution is -2.00. The Morgan fingerprint density at radius 1 is 1.64 bits per heavy atom. The van der Waals surface area contributed by atoms with Crippen LogP contribution in [0.5, 0.6) is 5.75 Å². The molecule has 0 aliphatic rings. The third-order valence-electron chi connectivity index (χ3n) is 1.89. The van der Waals surface area contributed by atoms with Gasteiger partial charge in [0.05, 0.1) is 24.3 Å². The molecule has 0 saturated carbocycles. The Hall–Kier alpha value is -1.70. The lowest BCUT2D eigenvalue weighted by Gasteiger charge is -2.09.